The molecular weight excluding hydrogens is 226 g/mol. The zero-order valence-corrected chi connectivity index (χ0v) is 11.1. The first-order valence-corrected chi connectivity index (χ1v) is 6.18. The maximum atomic E-state index is 5.71. The van der Waals surface area contributed by atoms with E-state index in [1.165, 1.54) is 0 Å². The van der Waals surface area contributed by atoms with E-state index in [9.17, 15) is 0 Å². The third kappa shape index (κ3) is 2.93. The van der Waals surface area contributed by atoms with Crippen LogP contribution in [0, 0.1) is 0 Å². The van der Waals surface area contributed by atoms with Crippen LogP contribution in [0.1, 0.15) is 19.6 Å². The second kappa shape index (κ2) is 5.74. The Morgan fingerprint density at radius 3 is 2.83 bits per heavy atom. The van der Waals surface area contributed by atoms with Crippen LogP contribution in [0.2, 0.25) is 0 Å². The lowest BCUT2D eigenvalue weighted by atomic mass is 10.1. The topological polar surface area (TPSA) is 34.4 Å². The first kappa shape index (κ1) is 12.7. The van der Waals surface area contributed by atoms with Crippen LogP contribution in [0.5, 0.6) is 5.75 Å². The van der Waals surface area contributed by atoms with Crippen LogP contribution in [0.15, 0.2) is 41.0 Å². The number of hydrogen-bond acceptors (Lipinski definition) is 3. The molecule has 0 saturated heterocycles. The number of nitrogens with one attached hydrogen (secondary N) is 1. The summed E-state index contributed by atoms with van der Waals surface area (Å²) in [5.74, 6) is 1.83. The maximum Gasteiger partial charge on any atom is 0.125 e. The molecule has 3 nitrogen and oxygen atoms in total. The highest BCUT2D eigenvalue weighted by molar-refractivity contribution is 5.66. The van der Waals surface area contributed by atoms with E-state index >= 15 is 0 Å². The summed E-state index contributed by atoms with van der Waals surface area (Å²) >= 11 is 0. The van der Waals surface area contributed by atoms with E-state index in [1.807, 2.05) is 45.2 Å². The normalized spacial score (nSPS) is 10.9. The molecule has 0 atom stereocenters. The van der Waals surface area contributed by atoms with Gasteiger partial charge in [0.05, 0.1) is 18.9 Å². The van der Waals surface area contributed by atoms with Gasteiger partial charge in [-0.1, -0.05) is 12.1 Å². The van der Waals surface area contributed by atoms with Crippen molar-refractivity contribution in [3.63, 3.8) is 0 Å². The fourth-order valence-electron chi connectivity index (χ4n) is 1.90. The molecular formula is C15H19NO2. The van der Waals surface area contributed by atoms with Crippen molar-refractivity contribution >= 4 is 0 Å². The molecule has 2 rings (SSSR count). The molecule has 3 heteroatoms. The smallest absolute Gasteiger partial charge is 0.125 e. The predicted octanol–water partition coefficient (Wildman–Crippen LogP) is 3.45. The van der Waals surface area contributed by atoms with Gasteiger partial charge in [0, 0.05) is 5.56 Å². The zero-order chi connectivity index (χ0) is 13.0. The highest BCUT2D eigenvalue weighted by atomic mass is 16.5. The Morgan fingerprint density at radius 2 is 2.11 bits per heavy atom. The summed E-state index contributed by atoms with van der Waals surface area (Å²) in [6.45, 7) is 4.77. The maximum absolute atomic E-state index is 5.71. The van der Waals surface area contributed by atoms with Crippen molar-refractivity contribution in [3.8, 4) is 16.9 Å². The third-order valence-electron chi connectivity index (χ3n) is 2.60. The lowest BCUT2D eigenvalue weighted by Crippen LogP contribution is -2.06. The fourth-order valence-corrected chi connectivity index (χ4v) is 1.90. The Hall–Kier alpha value is -1.74. The van der Waals surface area contributed by atoms with Gasteiger partial charge in [0.15, 0.2) is 0 Å². The van der Waals surface area contributed by atoms with Crippen molar-refractivity contribution in [2.24, 2.45) is 0 Å². The number of ether oxygens (including phenoxy) is 1. The first-order chi connectivity index (χ1) is 8.70. The minimum Gasteiger partial charge on any atom is -0.491 e. The van der Waals surface area contributed by atoms with Gasteiger partial charge in [-0.15, -0.1) is 0 Å². The average Bonchev–Trinajstić information content (AvgIpc) is 2.77. The van der Waals surface area contributed by atoms with Crippen LogP contribution >= 0.6 is 0 Å². The molecule has 0 aliphatic carbocycles. The van der Waals surface area contributed by atoms with Crippen LogP contribution in [0.3, 0.4) is 0 Å². The quantitative estimate of drug-likeness (QED) is 0.876. The van der Waals surface area contributed by atoms with Crippen molar-refractivity contribution in [2.45, 2.75) is 26.5 Å². The molecule has 0 aliphatic heterocycles. The van der Waals surface area contributed by atoms with Crippen LogP contribution in [0.25, 0.3) is 11.1 Å². The molecule has 0 spiro atoms. The number of rotatable bonds is 5. The minimum absolute atomic E-state index is 0.182. The molecule has 0 aliphatic rings. The minimum atomic E-state index is 0.182. The predicted molar refractivity (Wildman–Crippen MR) is 72.7 cm³/mol. The first-order valence-electron chi connectivity index (χ1n) is 6.18. The standard InChI is InChI=1S/C15H19NO2/c1-11(2)18-13-6-4-5-12(9-13)14-7-8-17-15(14)10-16-3/h4-9,11,16H,10H2,1-3H3. The second-order valence-corrected chi connectivity index (χ2v) is 4.48. The van der Waals surface area contributed by atoms with Crippen LogP contribution in [0.4, 0.5) is 0 Å². The van der Waals surface area contributed by atoms with E-state index in [1.54, 1.807) is 6.26 Å². The van der Waals surface area contributed by atoms with E-state index in [2.05, 4.69) is 11.4 Å². The van der Waals surface area contributed by atoms with Crippen molar-refractivity contribution in [1.29, 1.82) is 0 Å². The Balaban J connectivity index is 2.29. The van der Waals surface area contributed by atoms with Crippen molar-refractivity contribution in [2.75, 3.05) is 7.05 Å². The SMILES string of the molecule is CNCc1occc1-c1cccc(OC(C)C)c1. The summed E-state index contributed by atoms with van der Waals surface area (Å²) in [4.78, 5) is 0. The highest BCUT2D eigenvalue weighted by Crippen LogP contribution is 2.28. The van der Waals surface area contributed by atoms with E-state index in [4.69, 9.17) is 9.15 Å². The van der Waals surface area contributed by atoms with Gasteiger partial charge in [-0.3, -0.25) is 0 Å². The molecule has 0 radical (unpaired) electrons. The van der Waals surface area contributed by atoms with Crippen molar-refractivity contribution in [1.82, 2.24) is 5.32 Å². The third-order valence-corrected chi connectivity index (χ3v) is 2.60. The van der Waals surface area contributed by atoms with E-state index in [0.717, 1.165) is 29.2 Å². The molecule has 18 heavy (non-hydrogen) atoms. The lowest BCUT2D eigenvalue weighted by Gasteiger charge is -2.11. The lowest BCUT2D eigenvalue weighted by molar-refractivity contribution is 0.242. The summed E-state index contributed by atoms with van der Waals surface area (Å²) in [7, 11) is 1.91. The molecule has 0 saturated carbocycles. The van der Waals surface area contributed by atoms with Crippen molar-refractivity contribution < 1.29 is 9.15 Å². The molecule has 0 bridgehead atoms. The summed E-state index contributed by atoms with van der Waals surface area (Å²) in [5, 5.41) is 3.10. The molecule has 96 valence electrons. The summed E-state index contributed by atoms with van der Waals surface area (Å²) < 4.78 is 11.2. The van der Waals surface area contributed by atoms with Gasteiger partial charge in [-0.05, 0) is 44.7 Å². The number of hydrogen-bond donors (Lipinski definition) is 1. The second-order valence-electron chi connectivity index (χ2n) is 4.48. The van der Waals surface area contributed by atoms with Gasteiger partial charge in [0.25, 0.3) is 0 Å². The Kier molecular flexibility index (Phi) is 4.05. The Bertz CT molecular complexity index is 503. The molecule has 2 aromatic rings. The van der Waals surface area contributed by atoms with Gasteiger partial charge >= 0.3 is 0 Å². The number of benzene rings is 1. The van der Waals surface area contributed by atoms with Crippen LogP contribution < -0.4 is 10.1 Å². The van der Waals surface area contributed by atoms with Gasteiger partial charge in [-0.2, -0.15) is 0 Å². The van der Waals surface area contributed by atoms with E-state index in [-0.39, 0.29) is 6.10 Å². The van der Waals surface area contributed by atoms with Crippen molar-refractivity contribution in [3.05, 3.63) is 42.4 Å². The Morgan fingerprint density at radius 1 is 1.28 bits per heavy atom. The monoisotopic (exact) mass is 245 g/mol. The number of furan rings is 1. The van der Waals surface area contributed by atoms with Crippen LogP contribution in [-0.4, -0.2) is 13.2 Å². The molecule has 1 N–H and O–H groups in total. The molecule has 0 fully saturated rings. The largest absolute Gasteiger partial charge is 0.491 e. The van der Waals surface area contributed by atoms with Gasteiger partial charge in [-0.25, -0.2) is 0 Å². The summed E-state index contributed by atoms with van der Waals surface area (Å²) in [5.41, 5.74) is 2.23. The van der Waals surface area contributed by atoms with Crippen LogP contribution in [-0.2, 0) is 6.54 Å². The van der Waals surface area contributed by atoms with E-state index < -0.39 is 0 Å². The molecule has 0 amide bonds. The average molecular weight is 245 g/mol. The van der Waals surface area contributed by atoms with Gasteiger partial charge in [0.2, 0.25) is 0 Å². The summed E-state index contributed by atoms with van der Waals surface area (Å²) in [6.07, 6.45) is 1.90. The molecule has 1 aromatic carbocycles. The van der Waals surface area contributed by atoms with Gasteiger partial charge in [0.1, 0.15) is 11.5 Å². The molecule has 0 unspecified atom stereocenters. The summed E-state index contributed by atoms with van der Waals surface area (Å²) in [6, 6.07) is 10.1. The highest BCUT2D eigenvalue weighted by Gasteiger charge is 2.09. The molecule has 1 aromatic heterocycles. The zero-order valence-electron chi connectivity index (χ0n) is 11.1. The molecule has 1 heterocycles. The Labute approximate surface area is 108 Å². The van der Waals surface area contributed by atoms with E-state index in [0.29, 0.717) is 0 Å². The fraction of sp³-hybridized carbons (Fsp3) is 0.333. The van der Waals surface area contributed by atoms with Gasteiger partial charge < -0.3 is 14.5 Å².